The van der Waals surface area contributed by atoms with E-state index in [1.54, 1.807) is 12.1 Å². The number of aryl methyl sites for hydroxylation is 2. The van der Waals surface area contributed by atoms with Gasteiger partial charge in [-0.2, -0.15) is 4.98 Å². The number of carboxylic acids is 1. The van der Waals surface area contributed by atoms with E-state index in [0.29, 0.717) is 24.7 Å². The molecule has 2 N–H and O–H groups in total. The van der Waals surface area contributed by atoms with Gasteiger partial charge in [0, 0.05) is 24.0 Å². The van der Waals surface area contributed by atoms with Gasteiger partial charge in [-0.15, -0.1) is 5.10 Å². The van der Waals surface area contributed by atoms with E-state index in [4.69, 9.17) is 14.7 Å². The predicted octanol–water partition coefficient (Wildman–Crippen LogP) is 5.71. The number of ether oxygens (including phenoxy) is 1. The van der Waals surface area contributed by atoms with E-state index in [2.05, 4.69) is 46.6 Å². The summed E-state index contributed by atoms with van der Waals surface area (Å²) >= 11 is 0. The molecule has 0 aliphatic heterocycles. The maximum atomic E-state index is 11.3. The maximum Gasteiger partial charge on any atom is 0.335 e. The number of hydrogen-bond acceptors (Lipinski definition) is 7. The highest BCUT2D eigenvalue weighted by Gasteiger charge is 2.17. The van der Waals surface area contributed by atoms with Crippen LogP contribution in [0.15, 0.2) is 72.8 Å². The van der Waals surface area contributed by atoms with Crippen LogP contribution in [-0.2, 0) is 25.9 Å². The number of aromatic nitrogens is 6. The maximum absolute atomic E-state index is 11.3. The highest BCUT2D eigenvalue weighted by Crippen LogP contribution is 2.30. The zero-order valence-electron chi connectivity index (χ0n) is 22.5. The van der Waals surface area contributed by atoms with Crippen LogP contribution < -0.4 is 4.74 Å². The van der Waals surface area contributed by atoms with Crippen LogP contribution in [0, 0.1) is 0 Å². The largest absolute Gasteiger partial charge is 0.478 e. The number of carboxylic acid groups (broad SMARTS) is 1. The van der Waals surface area contributed by atoms with Crippen molar-refractivity contribution < 1.29 is 14.6 Å². The van der Waals surface area contributed by atoms with Gasteiger partial charge in [-0.3, -0.25) is 0 Å². The van der Waals surface area contributed by atoms with Crippen LogP contribution >= 0.6 is 0 Å². The minimum atomic E-state index is -0.943. The topological polar surface area (TPSA) is 127 Å². The van der Waals surface area contributed by atoms with Gasteiger partial charge in [0.05, 0.1) is 11.3 Å². The quantitative estimate of drug-likeness (QED) is 0.221. The Kier molecular flexibility index (Phi) is 8.20. The Hall–Kier alpha value is -4.92. The first-order chi connectivity index (χ1) is 19.6. The summed E-state index contributed by atoms with van der Waals surface area (Å²) in [4.78, 5) is 20.9. The fourth-order valence-electron chi connectivity index (χ4n) is 4.60. The molecular weight excluding hydrogens is 504 g/mol. The second kappa shape index (κ2) is 12.3. The van der Waals surface area contributed by atoms with Gasteiger partial charge in [0.1, 0.15) is 12.4 Å². The molecule has 0 aliphatic rings. The zero-order valence-corrected chi connectivity index (χ0v) is 22.5. The third-order valence-corrected chi connectivity index (χ3v) is 6.66. The van der Waals surface area contributed by atoms with E-state index in [9.17, 15) is 9.90 Å². The smallest absolute Gasteiger partial charge is 0.335 e. The van der Waals surface area contributed by atoms with Crippen molar-refractivity contribution in [3.05, 3.63) is 107 Å². The normalized spacial score (nSPS) is 10.9. The zero-order chi connectivity index (χ0) is 27.9. The van der Waals surface area contributed by atoms with Gasteiger partial charge in [0.15, 0.2) is 5.82 Å². The van der Waals surface area contributed by atoms with Gasteiger partial charge in [0.25, 0.3) is 0 Å². The summed E-state index contributed by atoms with van der Waals surface area (Å²) in [6.45, 7) is 4.53. The molecule has 9 nitrogen and oxygen atoms in total. The molecule has 0 unspecified atom stereocenters. The van der Waals surface area contributed by atoms with Crippen LogP contribution in [0.3, 0.4) is 0 Å². The molecule has 5 aromatic rings. The molecule has 9 heteroatoms. The number of benzene rings is 3. The first kappa shape index (κ1) is 26.7. The van der Waals surface area contributed by atoms with Crippen molar-refractivity contribution in [2.45, 2.75) is 46.1 Å². The minimum Gasteiger partial charge on any atom is -0.478 e. The van der Waals surface area contributed by atoms with Crippen molar-refractivity contribution in [1.82, 2.24) is 30.6 Å². The molecule has 0 amide bonds. The Morgan fingerprint density at radius 1 is 0.900 bits per heavy atom. The first-order valence-corrected chi connectivity index (χ1v) is 13.3. The minimum absolute atomic E-state index is 0.258. The van der Waals surface area contributed by atoms with Crippen molar-refractivity contribution in [3.8, 4) is 28.4 Å². The van der Waals surface area contributed by atoms with Crippen LogP contribution in [0.25, 0.3) is 22.5 Å². The van der Waals surface area contributed by atoms with Crippen LogP contribution in [0.5, 0.6) is 5.88 Å². The number of hydrogen-bond donors (Lipinski definition) is 2. The second-order valence-electron chi connectivity index (χ2n) is 9.43. The van der Waals surface area contributed by atoms with Crippen molar-refractivity contribution in [1.29, 1.82) is 0 Å². The standard InChI is InChI=1S/C31H30N6O3/c1-3-7-28-32-27(4-2)26(18-20-10-16-23(17-11-20)31(38)39)30(33-28)40-19-21-12-14-22(15-13-21)24-8-5-6-9-25(24)29-34-36-37-35-29/h5-6,8-17H,3-4,7,18-19H2,1-2H3,(H,38,39)(H,34,35,36,37). The summed E-state index contributed by atoms with van der Waals surface area (Å²) in [5.41, 5.74) is 7.11. The lowest BCUT2D eigenvalue weighted by atomic mass is 9.98. The summed E-state index contributed by atoms with van der Waals surface area (Å²) < 4.78 is 6.34. The lowest BCUT2D eigenvalue weighted by Crippen LogP contribution is -2.10. The lowest BCUT2D eigenvalue weighted by molar-refractivity contribution is 0.0697. The monoisotopic (exact) mass is 534 g/mol. The Balaban J connectivity index is 1.39. The molecule has 40 heavy (non-hydrogen) atoms. The molecule has 0 aliphatic carbocycles. The van der Waals surface area contributed by atoms with Crippen molar-refractivity contribution in [2.75, 3.05) is 0 Å². The second-order valence-corrected chi connectivity index (χ2v) is 9.43. The van der Waals surface area contributed by atoms with E-state index < -0.39 is 5.97 Å². The molecule has 2 aromatic heterocycles. The van der Waals surface area contributed by atoms with Crippen LogP contribution in [0.4, 0.5) is 0 Å². The molecule has 202 valence electrons. The Labute approximate surface area is 232 Å². The predicted molar refractivity (Wildman–Crippen MR) is 151 cm³/mol. The van der Waals surface area contributed by atoms with Gasteiger partial charge < -0.3 is 9.84 Å². The van der Waals surface area contributed by atoms with Gasteiger partial charge >= 0.3 is 5.97 Å². The molecule has 0 bridgehead atoms. The number of rotatable bonds is 11. The highest BCUT2D eigenvalue weighted by atomic mass is 16.5. The number of carbonyl (C=O) groups is 1. The average Bonchev–Trinajstić information content (AvgIpc) is 3.53. The Bertz CT molecular complexity index is 1580. The summed E-state index contributed by atoms with van der Waals surface area (Å²) in [5.74, 6) is 1.02. The molecule has 0 saturated carbocycles. The summed E-state index contributed by atoms with van der Waals surface area (Å²) in [6, 6.07) is 23.1. The van der Waals surface area contributed by atoms with E-state index in [1.807, 2.05) is 48.5 Å². The van der Waals surface area contributed by atoms with Gasteiger partial charge in [-0.25, -0.2) is 14.9 Å². The number of nitrogens with zero attached hydrogens (tertiary/aromatic N) is 5. The lowest BCUT2D eigenvalue weighted by Gasteiger charge is -2.16. The molecule has 0 spiro atoms. The first-order valence-electron chi connectivity index (χ1n) is 13.3. The summed E-state index contributed by atoms with van der Waals surface area (Å²) in [5, 5.41) is 23.5. The Morgan fingerprint density at radius 2 is 1.62 bits per heavy atom. The van der Waals surface area contributed by atoms with Crippen LogP contribution in [0.2, 0.25) is 0 Å². The van der Waals surface area contributed by atoms with Crippen LogP contribution in [-0.4, -0.2) is 41.7 Å². The molecule has 2 heterocycles. The van der Waals surface area contributed by atoms with Gasteiger partial charge in [-0.1, -0.05) is 74.5 Å². The molecule has 0 atom stereocenters. The summed E-state index contributed by atoms with van der Waals surface area (Å²) in [6.07, 6.45) is 3.00. The van der Waals surface area contributed by atoms with Crippen molar-refractivity contribution in [3.63, 3.8) is 0 Å². The number of nitrogens with one attached hydrogen (secondary N) is 1. The third-order valence-electron chi connectivity index (χ3n) is 6.66. The molecule has 5 rings (SSSR count). The van der Waals surface area contributed by atoms with Crippen molar-refractivity contribution >= 4 is 5.97 Å². The fraction of sp³-hybridized carbons (Fsp3) is 0.226. The molecule has 0 saturated heterocycles. The number of aromatic amines is 1. The number of tetrazole rings is 1. The van der Waals surface area contributed by atoms with E-state index in [0.717, 1.165) is 64.2 Å². The fourth-order valence-corrected chi connectivity index (χ4v) is 4.60. The van der Waals surface area contributed by atoms with E-state index >= 15 is 0 Å². The summed E-state index contributed by atoms with van der Waals surface area (Å²) in [7, 11) is 0. The van der Waals surface area contributed by atoms with Crippen LogP contribution in [0.1, 0.15) is 58.8 Å². The Morgan fingerprint density at radius 3 is 2.27 bits per heavy atom. The number of aromatic carboxylic acids is 1. The van der Waals surface area contributed by atoms with E-state index in [-0.39, 0.29) is 5.56 Å². The van der Waals surface area contributed by atoms with Gasteiger partial charge in [0.2, 0.25) is 5.88 Å². The van der Waals surface area contributed by atoms with Crippen molar-refractivity contribution in [2.24, 2.45) is 0 Å². The molecule has 0 radical (unpaired) electrons. The highest BCUT2D eigenvalue weighted by molar-refractivity contribution is 5.87. The molecular formula is C31H30N6O3. The van der Waals surface area contributed by atoms with E-state index in [1.165, 1.54) is 0 Å². The SMILES string of the molecule is CCCc1nc(CC)c(Cc2ccc(C(=O)O)cc2)c(OCc2ccc(-c3ccccc3-c3nnn[nH]3)cc2)n1. The third kappa shape index (κ3) is 6.04. The van der Waals surface area contributed by atoms with Gasteiger partial charge in [-0.05, 0) is 57.7 Å². The molecule has 3 aromatic carbocycles. The number of H-pyrrole nitrogens is 1. The average molecular weight is 535 g/mol. The molecule has 0 fully saturated rings.